The minimum Gasteiger partial charge on any atom is -0.493 e. The van der Waals surface area contributed by atoms with Gasteiger partial charge in [-0.3, -0.25) is 0 Å². The van der Waals surface area contributed by atoms with Gasteiger partial charge in [0.1, 0.15) is 0 Å². The molecule has 0 atom stereocenters. The monoisotopic (exact) mass is 275 g/mol. The normalized spacial score (nSPS) is 10.1. The topological polar surface area (TPSA) is 53.7 Å². The summed E-state index contributed by atoms with van der Waals surface area (Å²) in [4.78, 5) is 0. The predicted octanol–water partition coefficient (Wildman–Crippen LogP) is 1.90. The minimum absolute atomic E-state index is 0.178. The van der Waals surface area contributed by atoms with Gasteiger partial charge >= 0.3 is 0 Å². The summed E-state index contributed by atoms with van der Waals surface area (Å²) in [6.07, 6.45) is 0. The van der Waals surface area contributed by atoms with Crippen LogP contribution in [0.1, 0.15) is 5.56 Å². The molecule has 0 aliphatic heterocycles. The molecule has 0 heterocycles. The van der Waals surface area contributed by atoms with Gasteiger partial charge in [0.25, 0.3) is 0 Å². The van der Waals surface area contributed by atoms with Crippen molar-refractivity contribution in [2.75, 3.05) is 21.0 Å². The quantitative estimate of drug-likeness (QED) is 0.834. The van der Waals surface area contributed by atoms with Gasteiger partial charge in [0.15, 0.2) is 18.3 Å². The number of rotatable bonds is 5. The molecular formula is C10H14BrNO3. The number of nitrogens with two attached hydrogens (primary N) is 1. The molecule has 0 fully saturated rings. The number of methoxy groups -OCH3 is 2. The largest absolute Gasteiger partial charge is 0.493 e. The fourth-order valence-corrected chi connectivity index (χ4v) is 1.75. The number of hydrogen-bond acceptors (Lipinski definition) is 4. The number of benzene rings is 1. The first-order valence-corrected chi connectivity index (χ1v) is 5.20. The summed E-state index contributed by atoms with van der Waals surface area (Å²) in [6.45, 7) is 0.635. The first-order valence-electron chi connectivity index (χ1n) is 4.41. The van der Waals surface area contributed by atoms with Gasteiger partial charge in [0, 0.05) is 13.7 Å². The van der Waals surface area contributed by atoms with E-state index in [1.165, 1.54) is 0 Å². The Balaban J connectivity index is 3.01. The molecule has 0 aliphatic carbocycles. The Labute approximate surface area is 97.4 Å². The van der Waals surface area contributed by atoms with E-state index in [0.717, 1.165) is 10.0 Å². The lowest BCUT2D eigenvalue weighted by Crippen LogP contribution is -2.03. The highest BCUT2D eigenvalue weighted by atomic mass is 79.9. The molecule has 1 aromatic carbocycles. The van der Waals surface area contributed by atoms with E-state index in [0.29, 0.717) is 18.0 Å². The van der Waals surface area contributed by atoms with E-state index in [1.54, 1.807) is 14.2 Å². The summed E-state index contributed by atoms with van der Waals surface area (Å²) in [5, 5.41) is 0. The Kier molecular flexibility index (Phi) is 4.87. The molecular weight excluding hydrogens is 262 g/mol. The molecule has 0 saturated heterocycles. The Bertz CT molecular complexity index is 331. The molecule has 0 aliphatic rings. The van der Waals surface area contributed by atoms with Crippen LogP contribution >= 0.6 is 15.9 Å². The molecule has 1 rings (SSSR count). The van der Waals surface area contributed by atoms with Crippen LogP contribution in [0, 0.1) is 0 Å². The van der Waals surface area contributed by atoms with Crippen molar-refractivity contribution in [1.82, 2.24) is 0 Å². The predicted molar refractivity (Wildman–Crippen MR) is 61.1 cm³/mol. The lowest BCUT2D eigenvalue weighted by molar-refractivity contribution is 0.0486. The highest BCUT2D eigenvalue weighted by Crippen LogP contribution is 2.36. The van der Waals surface area contributed by atoms with Crippen LogP contribution in [0.25, 0.3) is 0 Å². The van der Waals surface area contributed by atoms with E-state index < -0.39 is 0 Å². The maximum Gasteiger partial charge on any atom is 0.188 e. The van der Waals surface area contributed by atoms with Crippen molar-refractivity contribution in [3.63, 3.8) is 0 Å². The molecule has 4 nitrogen and oxygen atoms in total. The average molecular weight is 276 g/mol. The summed E-state index contributed by atoms with van der Waals surface area (Å²) < 4.78 is 16.2. The van der Waals surface area contributed by atoms with Gasteiger partial charge in [-0.1, -0.05) is 0 Å². The Morgan fingerprint density at radius 3 is 2.60 bits per heavy atom. The van der Waals surface area contributed by atoms with Crippen LogP contribution < -0.4 is 15.2 Å². The van der Waals surface area contributed by atoms with Crippen molar-refractivity contribution in [3.05, 3.63) is 22.2 Å². The maximum atomic E-state index is 5.55. The summed E-state index contributed by atoms with van der Waals surface area (Å²) in [5.41, 5.74) is 6.53. The van der Waals surface area contributed by atoms with Crippen LogP contribution in [0.4, 0.5) is 0 Å². The second kappa shape index (κ2) is 5.95. The van der Waals surface area contributed by atoms with Crippen molar-refractivity contribution in [3.8, 4) is 11.5 Å². The fraction of sp³-hybridized carbons (Fsp3) is 0.400. The molecule has 0 bridgehead atoms. The van der Waals surface area contributed by atoms with Gasteiger partial charge in [0.2, 0.25) is 0 Å². The van der Waals surface area contributed by atoms with Gasteiger partial charge < -0.3 is 19.9 Å². The molecule has 15 heavy (non-hydrogen) atoms. The zero-order chi connectivity index (χ0) is 11.3. The molecule has 0 spiro atoms. The van der Waals surface area contributed by atoms with Gasteiger partial charge in [0.05, 0.1) is 11.6 Å². The number of hydrogen-bond donors (Lipinski definition) is 1. The van der Waals surface area contributed by atoms with Gasteiger partial charge in [-0.15, -0.1) is 0 Å². The fourth-order valence-electron chi connectivity index (χ4n) is 1.15. The summed E-state index contributed by atoms with van der Waals surface area (Å²) in [6, 6.07) is 3.74. The van der Waals surface area contributed by atoms with Crippen molar-refractivity contribution in [1.29, 1.82) is 0 Å². The zero-order valence-corrected chi connectivity index (χ0v) is 10.3. The standard InChI is InChI=1S/C10H14BrNO3/c1-13-6-15-10-8(11)3-7(5-12)4-9(10)14-2/h3-4H,5-6,12H2,1-2H3. The third-order valence-corrected chi connectivity index (χ3v) is 2.44. The van der Waals surface area contributed by atoms with Crippen molar-refractivity contribution in [2.24, 2.45) is 5.73 Å². The Hall–Kier alpha value is -0.780. The Morgan fingerprint density at radius 1 is 1.33 bits per heavy atom. The van der Waals surface area contributed by atoms with Crippen LogP contribution in [0.15, 0.2) is 16.6 Å². The molecule has 0 aromatic heterocycles. The molecule has 1 aromatic rings. The zero-order valence-electron chi connectivity index (χ0n) is 8.75. The minimum atomic E-state index is 0.178. The number of ether oxygens (including phenoxy) is 3. The first-order chi connectivity index (χ1) is 7.22. The second-order valence-electron chi connectivity index (χ2n) is 2.86. The third-order valence-electron chi connectivity index (χ3n) is 1.85. The van der Waals surface area contributed by atoms with E-state index in [1.807, 2.05) is 12.1 Å². The van der Waals surface area contributed by atoms with E-state index >= 15 is 0 Å². The summed E-state index contributed by atoms with van der Waals surface area (Å²) in [5.74, 6) is 1.26. The van der Waals surface area contributed by atoms with E-state index in [9.17, 15) is 0 Å². The summed E-state index contributed by atoms with van der Waals surface area (Å²) >= 11 is 3.39. The molecule has 0 unspecified atom stereocenters. The molecule has 0 amide bonds. The van der Waals surface area contributed by atoms with E-state index in [4.69, 9.17) is 19.9 Å². The van der Waals surface area contributed by atoms with Crippen molar-refractivity contribution < 1.29 is 14.2 Å². The average Bonchev–Trinajstić information content (AvgIpc) is 2.26. The highest BCUT2D eigenvalue weighted by Gasteiger charge is 2.10. The molecule has 0 radical (unpaired) electrons. The SMILES string of the molecule is COCOc1c(Br)cc(CN)cc1OC. The lowest BCUT2D eigenvalue weighted by atomic mass is 10.2. The van der Waals surface area contributed by atoms with Crippen LogP contribution in [0.5, 0.6) is 11.5 Å². The van der Waals surface area contributed by atoms with Gasteiger partial charge in [-0.2, -0.15) is 0 Å². The van der Waals surface area contributed by atoms with Crippen LogP contribution in [0.3, 0.4) is 0 Å². The van der Waals surface area contributed by atoms with Crippen molar-refractivity contribution in [2.45, 2.75) is 6.54 Å². The maximum absolute atomic E-state index is 5.55. The van der Waals surface area contributed by atoms with E-state index in [-0.39, 0.29) is 6.79 Å². The number of halogens is 1. The molecule has 5 heteroatoms. The lowest BCUT2D eigenvalue weighted by Gasteiger charge is -2.13. The molecule has 0 saturated carbocycles. The van der Waals surface area contributed by atoms with E-state index in [2.05, 4.69) is 15.9 Å². The highest BCUT2D eigenvalue weighted by molar-refractivity contribution is 9.10. The van der Waals surface area contributed by atoms with Crippen molar-refractivity contribution >= 4 is 15.9 Å². The Morgan fingerprint density at radius 2 is 2.07 bits per heavy atom. The molecule has 84 valence electrons. The van der Waals surface area contributed by atoms with Gasteiger partial charge in [-0.05, 0) is 33.6 Å². The molecule has 2 N–H and O–H groups in total. The van der Waals surface area contributed by atoms with Crippen LogP contribution in [0.2, 0.25) is 0 Å². The first kappa shape index (κ1) is 12.3. The summed E-state index contributed by atoms with van der Waals surface area (Å²) in [7, 11) is 3.15. The van der Waals surface area contributed by atoms with Crippen LogP contribution in [-0.4, -0.2) is 21.0 Å². The second-order valence-corrected chi connectivity index (χ2v) is 3.72. The smallest absolute Gasteiger partial charge is 0.188 e. The van der Waals surface area contributed by atoms with Gasteiger partial charge in [-0.25, -0.2) is 0 Å². The third kappa shape index (κ3) is 3.09. The van der Waals surface area contributed by atoms with Crippen LogP contribution in [-0.2, 0) is 11.3 Å².